The standard InChI is InChI=1S/C7H6FNO2/c1-11-7(10)5-2-6(8)4-9-3-5/h2-4H,1H3. The molecule has 58 valence electrons. The molecule has 0 spiro atoms. The van der Waals surface area contributed by atoms with Gasteiger partial charge in [-0.2, -0.15) is 0 Å². The summed E-state index contributed by atoms with van der Waals surface area (Å²) in [6.07, 6.45) is 2.27. The lowest BCUT2D eigenvalue weighted by molar-refractivity contribution is 0.0599. The Labute approximate surface area is 62.8 Å². The Morgan fingerprint density at radius 2 is 2.36 bits per heavy atom. The van der Waals surface area contributed by atoms with Crippen LogP contribution in [0.4, 0.5) is 4.39 Å². The molecule has 0 aromatic carbocycles. The van der Waals surface area contributed by atoms with Crippen LogP contribution < -0.4 is 0 Å². The molecular formula is C7H6FNO2. The molecule has 0 bridgehead atoms. The Morgan fingerprint density at radius 3 is 2.91 bits per heavy atom. The largest absolute Gasteiger partial charge is 0.465 e. The average Bonchev–Trinajstić information content (AvgIpc) is 2.03. The van der Waals surface area contributed by atoms with Gasteiger partial charge < -0.3 is 4.74 Å². The van der Waals surface area contributed by atoms with E-state index < -0.39 is 11.8 Å². The lowest BCUT2D eigenvalue weighted by Crippen LogP contribution is -2.01. The number of carbonyl (C=O) groups excluding carboxylic acids is 1. The zero-order valence-corrected chi connectivity index (χ0v) is 5.87. The third-order valence-corrected chi connectivity index (χ3v) is 1.13. The summed E-state index contributed by atoms with van der Waals surface area (Å²) >= 11 is 0. The van der Waals surface area contributed by atoms with Crippen molar-refractivity contribution in [1.29, 1.82) is 0 Å². The van der Waals surface area contributed by atoms with Gasteiger partial charge in [0.2, 0.25) is 0 Å². The first-order valence-corrected chi connectivity index (χ1v) is 2.93. The fourth-order valence-electron chi connectivity index (χ4n) is 0.641. The van der Waals surface area contributed by atoms with E-state index in [-0.39, 0.29) is 5.56 Å². The van der Waals surface area contributed by atoms with E-state index in [1.54, 1.807) is 0 Å². The smallest absolute Gasteiger partial charge is 0.339 e. The first kappa shape index (κ1) is 7.65. The molecule has 0 aliphatic carbocycles. The molecule has 1 aromatic rings. The van der Waals surface area contributed by atoms with E-state index in [9.17, 15) is 9.18 Å². The van der Waals surface area contributed by atoms with Crippen molar-refractivity contribution < 1.29 is 13.9 Å². The van der Waals surface area contributed by atoms with Crippen LogP contribution in [0.25, 0.3) is 0 Å². The summed E-state index contributed by atoms with van der Waals surface area (Å²) in [5.74, 6) is -1.13. The molecule has 4 heteroatoms. The molecular weight excluding hydrogens is 149 g/mol. The number of nitrogens with zero attached hydrogens (tertiary/aromatic N) is 1. The summed E-state index contributed by atoms with van der Waals surface area (Å²) in [7, 11) is 1.23. The topological polar surface area (TPSA) is 39.2 Å². The van der Waals surface area contributed by atoms with Crippen LogP contribution >= 0.6 is 0 Å². The van der Waals surface area contributed by atoms with Crippen LogP contribution in [0, 0.1) is 5.82 Å². The maximum absolute atomic E-state index is 12.4. The van der Waals surface area contributed by atoms with Crippen LogP contribution in [0.5, 0.6) is 0 Å². The summed E-state index contributed by atoms with van der Waals surface area (Å²) in [4.78, 5) is 14.2. The summed E-state index contributed by atoms with van der Waals surface area (Å²) in [6, 6.07) is 1.07. The van der Waals surface area contributed by atoms with E-state index in [1.165, 1.54) is 13.3 Å². The van der Waals surface area contributed by atoms with Gasteiger partial charge >= 0.3 is 5.97 Å². The van der Waals surface area contributed by atoms with Gasteiger partial charge in [0, 0.05) is 6.20 Å². The highest BCUT2D eigenvalue weighted by Crippen LogP contribution is 2.01. The zero-order valence-electron chi connectivity index (χ0n) is 5.87. The minimum Gasteiger partial charge on any atom is -0.465 e. The molecule has 0 radical (unpaired) electrons. The van der Waals surface area contributed by atoms with Crippen molar-refractivity contribution >= 4 is 5.97 Å². The number of pyridine rings is 1. The van der Waals surface area contributed by atoms with E-state index in [4.69, 9.17) is 0 Å². The number of hydrogen-bond acceptors (Lipinski definition) is 3. The average molecular weight is 155 g/mol. The van der Waals surface area contributed by atoms with Crippen LogP contribution in [-0.4, -0.2) is 18.1 Å². The Hall–Kier alpha value is -1.45. The second-order valence-corrected chi connectivity index (χ2v) is 1.88. The van der Waals surface area contributed by atoms with Gasteiger partial charge in [-0.1, -0.05) is 0 Å². The molecule has 0 aliphatic heterocycles. The number of aromatic nitrogens is 1. The minimum absolute atomic E-state index is 0.118. The highest BCUT2D eigenvalue weighted by atomic mass is 19.1. The van der Waals surface area contributed by atoms with E-state index in [2.05, 4.69) is 9.72 Å². The fraction of sp³-hybridized carbons (Fsp3) is 0.143. The normalized spacial score (nSPS) is 9.27. The van der Waals surface area contributed by atoms with Gasteiger partial charge in [0.25, 0.3) is 0 Å². The predicted molar refractivity (Wildman–Crippen MR) is 35.5 cm³/mol. The lowest BCUT2D eigenvalue weighted by Gasteiger charge is -1.96. The van der Waals surface area contributed by atoms with Crippen molar-refractivity contribution in [3.63, 3.8) is 0 Å². The Morgan fingerprint density at radius 1 is 1.64 bits per heavy atom. The van der Waals surface area contributed by atoms with Crippen LogP contribution in [0.3, 0.4) is 0 Å². The van der Waals surface area contributed by atoms with Crippen molar-refractivity contribution in [2.24, 2.45) is 0 Å². The first-order chi connectivity index (χ1) is 5.24. The van der Waals surface area contributed by atoms with Crippen LogP contribution in [0.1, 0.15) is 10.4 Å². The first-order valence-electron chi connectivity index (χ1n) is 2.93. The molecule has 3 nitrogen and oxygen atoms in total. The number of carbonyl (C=O) groups is 1. The Balaban J connectivity index is 2.96. The summed E-state index contributed by atoms with van der Waals surface area (Å²) in [5.41, 5.74) is 0.118. The molecule has 11 heavy (non-hydrogen) atoms. The number of esters is 1. The third kappa shape index (κ3) is 1.73. The monoisotopic (exact) mass is 155 g/mol. The molecule has 1 heterocycles. The number of methoxy groups -OCH3 is 1. The van der Waals surface area contributed by atoms with E-state index in [0.29, 0.717) is 0 Å². The number of halogens is 1. The van der Waals surface area contributed by atoms with Crippen molar-refractivity contribution in [3.8, 4) is 0 Å². The van der Waals surface area contributed by atoms with E-state index in [0.717, 1.165) is 12.3 Å². The lowest BCUT2D eigenvalue weighted by atomic mass is 10.3. The molecule has 0 atom stereocenters. The second kappa shape index (κ2) is 3.09. The molecule has 1 aromatic heterocycles. The summed E-state index contributed by atoms with van der Waals surface area (Å²) in [5, 5.41) is 0. The Kier molecular flexibility index (Phi) is 2.15. The minimum atomic E-state index is -0.586. The van der Waals surface area contributed by atoms with Gasteiger partial charge in [-0.05, 0) is 6.07 Å². The van der Waals surface area contributed by atoms with Crippen LogP contribution in [0.2, 0.25) is 0 Å². The maximum atomic E-state index is 12.4. The number of rotatable bonds is 1. The van der Waals surface area contributed by atoms with Crippen molar-refractivity contribution in [1.82, 2.24) is 4.98 Å². The van der Waals surface area contributed by atoms with Crippen LogP contribution in [0.15, 0.2) is 18.5 Å². The summed E-state index contributed by atoms with van der Waals surface area (Å²) < 4.78 is 16.7. The third-order valence-electron chi connectivity index (χ3n) is 1.13. The molecule has 0 amide bonds. The van der Waals surface area contributed by atoms with Crippen molar-refractivity contribution in [2.75, 3.05) is 7.11 Å². The molecule has 1 rings (SSSR count). The fourth-order valence-corrected chi connectivity index (χ4v) is 0.641. The molecule has 0 saturated heterocycles. The van der Waals surface area contributed by atoms with Gasteiger partial charge in [-0.15, -0.1) is 0 Å². The predicted octanol–water partition coefficient (Wildman–Crippen LogP) is 1.01. The highest BCUT2D eigenvalue weighted by molar-refractivity contribution is 5.88. The number of ether oxygens (including phenoxy) is 1. The SMILES string of the molecule is COC(=O)c1cncc(F)c1. The maximum Gasteiger partial charge on any atom is 0.339 e. The van der Waals surface area contributed by atoms with Crippen molar-refractivity contribution in [3.05, 3.63) is 29.8 Å². The molecule has 0 saturated carbocycles. The van der Waals surface area contributed by atoms with Gasteiger partial charge in [0.15, 0.2) is 0 Å². The quantitative estimate of drug-likeness (QED) is 0.568. The number of hydrogen-bond donors (Lipinski definition) is 0. The van der Waals surface area contributed by atoms with E-state index in [1.807, 2.05) is 0 Å². The molecule has 0 unspecified atom stereocenters. The van der Waals surface area contributed by atoms with Gasteiger partial charge in [-0.25, -0.2) is 9.18 Å². The van der Waals surface area contributed by atoms with E-state index >= 15 is 0 Å². The second-order valence-electron chi connectivity index (χ2n) is 1.88. The highest BCUT2D eigenvalue weighted by Gasteiger charge is 2.05. The van der Waals surface area contributed by atoms with Crippen LogP contribution in [-0.2, 0) is 4.74 Å². The van der Waals surface area contributed by atoms with Crippen molar-refractivity contribution in [2.45, 2.75) is 0 Å². The molecule has 0 N–H and O–H groups in total. The summed E-state index contributed by atoms with van der Waals surface area (Å²) in [6.45, 7) is 0. The Bertz CT molecular complexity index is 275. The van der Waals surface area contributed by atoms with Gasteiger partial charge in [0.05, 0.1) is 18.9 Å². The van der Waals surface area contributed by atoms with Gasteiger partial charge in [0.1, 0.15) is 5.82 Å². The molecule has 0 aliphatic rings. The molecule has 0 fully saturated rings. The zero-order chi connectivity index (χ0) is 8.27. The van der Waals surface area contributed by atoms with Gasteiger partial charge in [-0.3, -0.25) is 4.98 Å².